The minimum atomic E-state index is -0.175. The van der Waals surface area contributed by atoms with E-state index in [0.29, 0.717) is 6.42 Å². The predicted octanol–water partition coefficient (Wildman–Crippen LogP) is 1.84. The lowest BCUT2D eigenvalue weighted by Crippen LogP contribution is -2.09. The predicted molar refractivity (Wildman–Crippen MR) is 53.7 cm³/mol. The fraction of sp³-hybridized carbons (Fsp3) is 0.364. The van der Waals surface area contributed by atoms with Crippen molar-refractivity contribution < 1.29 is 9.53 Å². The number of aromatic nitrogens is 1. The second kappa shape index (κ2) is 3.70. The summed E-state index contributed by atoms with van der Waals surface area (Å²) in [6.45, 7) is 1.01. The van der Waals surface area contributed by atoms with Crippen LogP contribution >= 0.6 is 0 Å². The van der Waals surface area contributed by atoms with E-state index in [1.165, 1.54) is 7.11 Å². The van der Waals surface area contributed by atoms with Gasteiger partial charge in [0.15, 0.2) is 0 Å². The van der Waals surface area contributed by atoms with E-state index in [0.717, 1.165) is 24.2 Å². The van der Waals surface area contributed by atoms with Gasteiger partial charge in [-0.05, 0) is 24.1 Å². The zero-order valence-corrected chi connectivity index (χ0v) is 8.19. The molecule has 0 amide bonds. The number of fused-ring (bicyclic) bond motifs is 1. The van der Waals surface area contributed by atoms with Gasteiger partial charge >= 0.3 is 5.97 Å². The van der Waals surface area contributed by atoms with Gasteiger partial charge in [-0.1, -0.05) is 6.08 Å². The van der Waals surface area contributed by atoms with Crippen molar-refractivity contribution in [1.29, 1.82) is 0 Å². The van der Waals surface area contributed by atoms with E-state index in [9.17, 15) is 4.79 Å². The van der Waals surface area contributed by atoms with Gasteiger partial charge in [-0.3, -0.25) is 4.79 Å². The lowest BCUT2D eigenvalue weighted by atomic mass is 10.1. The van der Waals surface area contributed by atoms with Gasteiger partial charge in [0.05, 0.1) is 13.5 Å². The molecule has 0 saturated carbocycles. The zero-order chi connectivity index (χ0) is 9.97. The van der Waals surface area contributed by atoms with Crippen LogP contribution < -0.4 is 0 Å². The maximum atomic E-state index is 11.1. The van der Waals surface area contributed by atoms with Crippen LogP contribution in [0.15, 0.2) is 24.4 Å². The number of rotatable bonds is 2. The van der Waals surface area contributed by atoms with Gasteiger partial charge in [-0.2, -0.15) is 0 Å². The number of hydrogen-bond acceptors (Lipinski definition) is 2. The smallest absolute Gasteiger partial charge is 0.310 e. The Bertz CT molecular complexity index is 376. The Hall–Kier alpha value is -1.51. The number of allylic oxidation sites excluding steroid dienone is 1. The molecule has 0 radical (unpaired) electrons. The second-order valence-electron chi connectivity index (χ2n) is 3.36. The monoisotopic (exact) mass is 191 g/mol. The second-order valence-corrected chi connectivity index (χ2v) is 3.36. The van der Waals surface area contributed by atoms with Crippen LogP contribution in [0.1, 0.15) is 18.5 Å². The first-order valence-electron chi connectivity index (χ1n) is 4.72. The topological polar surface area (TPSA) is 31.2 Å². The van der Waals surface area contributed by atoms with Crippen LogP contribution in [-0.4, -0.2) is 17.6 Å². The summed E-state index contributed by atoms with van der Waals surface area (Å²) < 4.78 is 6.82. The average Bonchev–Trinajstić information content (AvgIpc) is 2.66. The highest BCUT2D eigenvalue weighted by Crippen LogP contribution is 2.24. The summed E-state index contributed by atoms with van der Waals surface area (Å²) in [7, 11) is 1.42. The number of methoxy groups -OCH3 is 1. The molecule has 2 heterocycles. The number of esters is 1. The van der Waals surface area contributed by atoms with Crippen LogP contribution in [-0.2, 0) is 16.1 Å². The van der Waals surface area contributed by atoms with Gasteiger partial charge in [-0.15, -0.1) is 0 Å². The molecule has 0 bridgehead atoms. The van der Waals surface area contributed by atoms with Gasteiger partial charge in [-0.25, -0.2) is 0 Å². The van der Waals surface area contributed by atoms with E-state index in [4.69, 9.17) is 0 Å². The van der Waals surface area contributed by atoms with Crippen molar-refractivity contribution in [1.82, 2.24) is 4.57 Å². The van der Waals surface area contributed by atoms with Crippen LogP contribution in [0.5, 0.6) is 0 Å². The molecule has 0 atom stereocenters. The number of carbonyl (C=O) groups excluding carboxylic acids is 1. The van der Waals surface area contributed by atoms with Crippen molar-refractivity contribution in [3.8, 4) is 0 Å². The zero-order valence-electron chi connectivity index (χ0n) is 8.19. The molecule has 0 N–H and O–H groups in total. The SMILES string of the molecule is COC(=O)CC1=CCCn2cccc21. The number of nitrogens with zero attached hydrogens (tertiary/aromatic N) is 1. The Morgan fingerprint density at radius 1 is 1.64 bits per heavy atom. The van der Waals surface area contributed by atoms with Gasteiger partial charge in [0.1, 0.15) is 0 Å². The summed E-state index contributed by atoms with van der Waals surface area (Å²) in [5, 5.41) is 0. The van der Waals surface area contributed by atoms with E-state index in [-0.39, 0.29) is 5.97 Å². The van der Waals surface area contributed by atoms with Gasteiger partial charge in [0.25, 0.3) is 0 Å². The third-order valence-corrected chi connectivity index (χ3v) is 2.48. The van der Waals surface area contributed by atoms with Crippen LogP contribution in [0.4, 0.5) is 0 Å². The van der Waals surface area contributed by atoms with Crippen molar-refractivity contribution in [3.63, 3.8) is 0 Å². The number of aryl methyl sites for hydroxylation is 1. The third-order valence-electron chi connectivity index (χ3n) is 2.48. The molecule has 1 aliphatic rings. The standard InChI is InChI=1S/C11H13NO2/c1-14-11(13)8-9-4-2-6-12-7-3-5-10(9)12/h3-5,7H,2,6,8H2,1H3. The van der Waals surface area contributed by atoms with Crippen molar-refractivity contribution >= 4 is 11.5 Å². The van der Waals surface area contributed by atoms with Gasteiger partial charge in [0, 0.05) is 18.4 Å². The van der Waals surface area contributed by atoms with Gasteiger partial charge in [0.2, 0.25) is 0 Å². The van der Waals surface area contributed by atoms with Crippen LogP contribution in [0, 0.1) is 0 Å². The highest BCUT2D eigenvalue weighted by atomic mass is 16.5. The first-order valence-corrected chi connectivity index (χ1v) is 4.72. The normalized spacial score (nSPS) is 14.5. The molecule has 0 aliphatic carbocycles. The summed E-state index contributed by atoms with van der Waals surface area (Å²) in [4.78, 5) is 11.1. The maximum absolute atomic E-state index is 11.1. The molecule has 0 aromatic carbocycles. The Kier molecular flexibility index (Phi) is 2.39. The summed E-state index contributed by atoms with van der Waals surface area (Å²) in [5.74, 6) is -0.175. The third kappa shape index (κ3) is 1.58. The summed E-state index contributed by atoms with van der Waals surface area (Å²) in [6, 6.07) is 4.04. The minimum Gasteiger partial charge on any atom is -0.469 e. The number of carbonyl (C=O) groups is 1. The molecule has 3 nitrogen and oxygen atoms in total. The minimum absolute atomic E-state index is 0.175. The van der Waals surface area contributed by atoms with E-state index >= 15 is 0 Å². The molecule has 1 aromatic rings. The molecule has 0 saturated heterocycles. The van der Waals surface area contributed by atoms with E-state index in [1.807, 2.05) is 18.3 Å². The Morgan fingerprint density at radius 2 is 2.50 bits per heavy atom. The van der Waals surface area contributed by atoms with Crippen molar-refractivity contribution in [2.24, 2.45) is 0 Å². The average molecular weight is 191 g/mol. The molecule has 74 valence electrons. The van der Waals surface area contributed by atoms with Crippen LogP contribution in [0.25, 0.3) is 5.57 Å². The quantitative estimate of drug-likeness (QED) is 0.668. The van der Waals surface area contributed by atoms with E-state index in [2.05, 4.69) is 15.4 Å². The van der Waals surface area contributed by atoms with Gasteiger partial charge < -0.3 is 9.30 Å². The van der Waals surface area contributed by atoms with E-state index < -0.39 is 0 Å². The molecular formula is C11H13NO2. The van der Waals surface area contributed by atoms with Crippen LogP contribution in [0.2, 0.25) is 0 Å². The molecule has 1 aromatic heterocycles. The molecule has 2 rings (SSSR count). The van der Waals surface area contributed by atoms with Crippen molar-refractivity contribution in [2.75, 3.05) is 7.11 Å². The molecule has 14 heavy (non-hydrogen) atoms. The lowest BCUT2D eigenvalue weighted by Gasteiger charge is -2.16. The molecule has 3 heteroatoms. The summed E-state index contributed by atoms with van der Waals surface area (Å²) in [6.07, 6.45) is 5.53. The number of ether oxygens (including phenoxy) is 1. The Morgan fingerprint density at radius 3 is 3.29 bits per heavy atom. The fourth-order valence-electron chi connectivity index (χ4n) is 1.77. The van der Waals surface area contributed by atoms with Crippen LogP contribution in [0.3, 0.4) is 0 Å². The fourth-order valence-corrected chi connectivity index (χ4v) is 1.77. The largest absolute Gasteiger partial charge is 0.469 e. The molecule has 0 fully saturated rings. The maximum Gasteiger partial charge on any atom is 0.310 e. The molecule has 0 spiro atoms. The molecular weight excluding hydrogens is 178 g/mol. The highest BCUT2D eigenvalue weighted by molar-refractivity contribution is 5.84. The number of hydrogen-bond donors (Lipinski definition) is 0. The van der Waals surface area contributed by atoms with Crippen molar-refractivity contribution in [3.05, 3.63) is 30.1 Å². The lowest BCUT2D eigenvalue weighted by molar-refractivity contribution is -0.139. The van der Waals surface area contributed by atoms with E-state index in [1.54, 1.807) is 0 Å². The molecule has 0 unspecified atom stereocenters. The highest BCUT2D eigenvalue weighted by Gasteiger charge is 2.14. The first kappa shape index (κ1) is 9.06. The first-order chi connectivity index (χ1) is 6.81. The van der Waals surface area contributed by atoms with Crippen molar-refractivity contribution in [2.45, 2.75) is 19.4 Å². The summed E-state index contributed by atoms with van der Waals surface area (Å²) >= 11 is 0. The molecule has 1 aliphatic heterocycles. The Labute approximate surface area is 83.0 Å². The Balaban J connectivity index is 2.21. The summed E-state index contributed by atoms with van der Waals surface area (Å²) in [5.41, 5.74) is 2.22.